The van der Waals surface area contributed by atoms with Crippen molar-refractivity contribution in [2.45, 2.75) is 6.61 Å². The van der Waals surface area contributed by atoms with E-state index in [2.05, 4.69) is 4.98 Å². The molecule has 2 rings (SSSR count). The predicted octanol–water partition coefficient (Wildman–Crippen LogP) is 2.61. The van der Waals surface area contributed by atoms with Gasteiger partial charge in [-0.25, -0.2) is 9.78 Å². The van der Waals surface area contributed by atoms with Crippen molar-refractivity contribution in [3.8, 4) is 5.75 Å². The van der Waals surface area contributed by atoms with Gasteiger partial charge in [0.15, 0.2) is 12.3 Å². The monoisotopic (exact) mass is 253 g/mol. The maximum atomic E-state index is 10.6. The lowest BCUT2D eigenvalue weighted by molar-refractivity contribution is 0.0690. The van der Waals surface area contributed by atoms with E-state index in [1.807, 2.05) is 0 Å². The van der Waals surface area contributed by atoms with Crippen LogP contribution in [0.25, 0.3) is 0 Å². The number of aromatic carboxylic acids is 1. The van der Waals surface area contributed by atoms with Crippen LogP contribution in [0.2, 0.25) is 5.02 Å². The number of ether oxygens (including phenoxy) is 1. The van der Waals surface area contributed by atoms with E-state index in [4.69, 9.17) is 25.9 Å². The van der Waals surface area contributed by atoms with Crippen molar-refractivity contribution in [1.82, 2.24) is 4.98 Å². The molecule has 0 aliphatic heterocycles. The SMILES string of the molecule is O=C(O)c1coc(COc2cccc(Cl)c2)n1. The molecule has 0 atom stereocenters. The zero-order valence-electron chi connectivity index (χ0n) is 8.59. The van der Waals surface area contributed by atoms with Gasteiger partial charge in [0.25, 0.3) is 0 Å². The summed E-state index contributed by atoms with van der Waals surface area (Å²) in [5, 5.41) is 9.20. The largest absolute Gasteiger partial charge is 0.484 e. The molecule has 0 radical (unpaired) electrons. The fraction of sp³-hybridized carbons (Fsp3) is 0.0909. The summed E-state index contributed by atoms with van der Waals surface area (Å²) in [6, 6.07) is 6.84. The molecule has 1 aromatic heterocycles. The highest BCUT2D eigenvalue weighted by Gasteiger charge is 2.10. The molecule has 0 unspecified atom stereocenters. The van der Waals surface area contributed by atoms with E-state index in [-0.39, 0.29) is 18.2 Å². The Hall–Kier alpha value is -2.01. The van der Waals surface area contributed by atoms with Crippen molar-refractivity contribution >= 4 is 17.6 Å². The van der Waals surface area contributed by atoms with Crippen LogP contribution in [0.5, 0.6) is 5.75 Å². The summed E-state index contributed by atoms with van der Waals surface area (Å²) < 4.78 is 10.3. The molecular weight excluding hydrogens is 246 g/mol. The molecule has 5 nitrogen and oxygen atoms in total. The van der Waals surface area contributed by atoms with Gasteiger partial charge in [-0.05, 0) is 18.2 Å². The number of halogens is 1. The zero-order chi connectivity index (χ0) is 12.3. The molecule has 0 spiro atoms. The topological polar surface area (TPSA) is 72.6 Å². The highest BCUT2D eigenvalue weighted by Crippen LogP contribution is 2.18. The molecule has 0 bridgehead atoms. The Labute approximate surface area is 102 Å². The first-order valence-electron chi connectivity index (χ1n) is 4.71. The molecule has 88 valence electrons. The second kappa shape index (κ2) is 4.88. The van der Waals surface area contributed by atoms with Gasteiger partial charge in [-0.3, -0.25) is 0 Å². The number of aromatic nitrogens is 1. The zero-order valence-corrected chi connectivity index (χ0v) is 9.35. The summed E-state index contributed by atoms with van der Waals surface area (Å²) >= 11 is 5.78. The molecule has 17 heavy (non-hydrogen) atoms. The van der Waals surface area contributed by atoms with Crippen LogP contribution < -0.4 is 4.74 Å². The molecule has 0 saturated heterocycles. The lowest BCUT2D eigenvalue weighted by Crippen LogP contribution is -1.99. The van der Waals surface area contributed by atoms with Crippen LogP contribution in [0.1, 0.15) is 16.4 Å². The van der Waals surface area contributed by atoms with E-state index in [1.54, 1.807) is 24.3 Å². The molecule has 1 aromatic carbocycles. The average Bonchev–Trinajstić information content (AvgIpc) is 2.75. The van der Waals surface area contributed by atoms with E-state index < -0.39 is 5.97 Å². The normalized spacial score (nSPS) is 10.2. The summed E-state index contributed by atoms with van der Waals surface area (Å²) in [5.41, 5.74) is -0.144. The van der Waals surface area contributed by atoms with Crippen LogP contribution in [-0.4, -0.2) is 16.1 Å². The van der Waals surface area contributed by atoms with E-state index in [1.165, 1.54) is 0 Å². The Morgan fingerprint density at radius 1 is 1.53 bits per heavy atom. The first-order valence-corrected chi connectivity index (χ1v) is 5.09. The number of oxazole rings is 1. The van der Waals surface area contributed by atoms with Gasteiger partial charge in [-0.15, -0.1) is 0 Å². The van der Waals surface area contributed by atoms with Crippen LogP contribution >= 0.6 is 11.6 Å². The minimum absolute atomic E-state index is 0.0492. The van der Waals surface area contributed by atoms with Crippen molar-refractivity contribution in [3.63, 3.8) is 0 Å². The molecule has 6 heteroatoms. The fourth-order valence-corrected chi connectivity index (χ4v) is 1.36. The highest BCUT2D eigenvalue weighted by molar-refractivity contribution is 6.30. The molecule has 1 N–H and O–H groups in total. The van der Waals surface area contributed by atoms with E-state index in [9.17, 15) is 4.79 Å². The third-order valence-corrected chi connectivity index (χ3v) is 2.16. The van der Waals surface area contributed by atoms with E-state index in [0.717, 1.165) is 6.26 Å². The Bertz CT molecular complexity index is 538. The van der Waals surface area contributed by atoms with Crippen molar-refractivity contribution in [1.29, 1.82) is 0 Å². The van der Waals surface area contributed by atoms with Crippen molar-refractivity contribution in [2.75, 3.05) is 0 Å². The summed E-state index contributed by atoms with van der Waals surface area (Å²) in [6.07, 6.45) is 1.07. The third kappa shape index (κ3) is 2.98. The number of carbonyl (C=O) groups is 1. The number of carboxylic acid groups (broad SMARTS) is 1. The number of hydrogen-bond donors (Lipinski definition) is 1. The van der Waals surface area contributed by atoms with Gasteiger partial charge in [0.1, 0.15) is 12.0 Å². The molecule has 0 aliphatic rings. The van der Waals surface area contributed by atoms with E-state index >= 15 is 0 Å². The molecule has 0 aliphatic carbocycles. The summed E-state index contributed by atoms with van der Waals surface area (Å²) in [4.78, 5) is 14.3. The average molecular weight is 254 g/mol. The number of rotatable bonds is 4. The molecule has 0 fully saturated rings. The maximum absolute atomic E-state index is 10.6. The van der Waals surface area contributed by atoms with Crippen molar-refractivity contribution in [2.24, 2.45) is 0 Å². The Morgan fingerprint density at radius 2 is 2.35 bits per heavy atom. The summed E-state index contributed by atoms with van der Waals surface area (Å²) in [5.74, 6) is -0.377. The number of nitrogens with zero attached hydrogens (tertiary/aromatic N) is 1. The summed E-state index contributed by atoms with van der Waals surface area (Å²) in [7, 11) is 0. The Kier molecular flexibility index (Phi) is 3.30. The van der Waals surface area contributed by atoms with Gasteiger partial charge >= 0.3 is 5.97 Å². The van der Waals surface area contributed by atoms with Crippen molar-refractivity contribution in [3.05, 3.63) is 47.1 Å². The lowest BCUT2D eigenvalue weighted by atomic mass is 10.3. The number of benzene rings is 1. The fourth-order valence-electron chi connectivity index (χ4n) is 1.18. The molecule has 1 heterocycles. The maximum Gasteiger partial charge on any atom is 0.357 e. The molecule has 0 saturated carbocycles. The summed E-state index contributed by atoms with van der Waals surface area (Å²) in [6.45, 7) is 0.0492. The Balaban J connectivity index is 2.00. The second-order valence-electron chi connectivity index (χ2n) is 3.18. The van der Waals surface area contributed by atoms with Gasteiger partial charge in [-0.1, -0.05) is 17.7 Å². The lowest BCUT2D eigenvalue weighted by Gasteiger charge is -2.02. The number of hydrogen-bond acceptors (Lipinski definition) is 4. The van der Waals surface area contributed by atoms with Crippen molar-refractivity contribution < 1.29 is 19.1 Å². The molecule has 2 aromatic rings. The molecular formula is C11H8ClNO4. The third-order valence-electron chi connectivity index (χ3n) is 1.93. The van der Waals surface area contributed by atoms with Gasteiger partial charge in [-0.2, -0.15) is 0 Å². The first-order chi connectivity index (χ1) is 8.15. The first kappa shape index (κ1) is 11.5. The van der Waals surface area contributed by atoms with Crippen LogP contribution in [0.4, 0.5) is 0 Å². The minimum Gasteiger partial charge on any atom is -0.484 e. The standard InChI is InChI=1S/C11H8ClNO4/c12-7-2-1-3-8(4-7)16-6-10-13-9(5-17-10)11(14)15/h1-5H,6H2,(H,14,15). The van der Waals surface area contributed by atoms with Gasteiger partial charge in [0.05, 0.1) is 0 Å². The van der Waals surface area contributed by atoms with Gasteiger partial charge in [0, 0.05) is 5.02 Å². The van der Waals surface area contributed by atoms with Crippen LogP contribution in [0, 0.1) is 0 Å². The minimum atomic E-state index is -1.14. The van der Waals surface area contributed by atoms with Crippen LogP contribution in [0.3, 0.4) is 0 Å². The van der Waals surface area contributed by atoms with Gasteiger partial charge in [0.2, 0.25) is 5.89 Å². The second-order valence-corrected chi connectivity index (χ2v) is 3.61. The van der Waals surface area contributed by atoms with Crippen LogP contribution in [-0.2, 0) is 6.61 Å². The quantitative estimate of drug-likeness (QED) is 0.907. The predicted molar refractivity (Wildman–Crippen MR) is 59.2 cm³/mol. The molecule has 0 amide bonds. The number of carboxylic acids is 1. The highest BCUT2D eigenvalue weighted by atomic mass is 35.5. The Morgan fingerprint density at radius 3 is 3.00 bits per heavy atom. The van der Waals surface area contributed by atoms with Crippen LogP contribution in [0.15, 0.2) is 34.9 Å². The van der Waals surface area contributed by atoms with Gasteiger partial charge < -0.3 is 14.3 Å². The van der Waals surface area contributed by atoms with E-state index in [0.29, 0.717) is 10.8 Å². The smallest absolute Gasteiger partial charge is 0.357 e.